The van der Waals surface area contributed by atoms with E-state index in [1.807, 2.05) is 34.6 Å². The Bertz CT molecular complexity index is 535. The monoisotopic (exact) mass is 368 g/mol. The number of rotatable bonds is 10. The molecule has 0 aliphatic carbocycles. The van der Waals surface area contributed by atoms with E-state index in [-0.39, 0.29) is 29.7 Å². The summed E-state index contributed by atoms with van der Waals surface area (Å²) < 4.78 is 4.94. The second-order valence-electron chi connectivity index (χ2n) is 9.15. The quantitative estimate of drug-likeness (QED) is 0.193. The van der Waals surface area contributed by atoms with Gasteiger partial charge in [-0.2, -0.15) is 0 Å². The fraction of sp³-hybridized carbons (Fsp3) is 0.762. The van der Waals surface area contributed by atoms with Crippen LogP contribution < -0.4 is 0 Å². The van der Waals surface area contributed by atoms with Crippen molar-refractivity contribution in [3.05, 3.63) is 11.5 Å². The van der Waals surface area contributed by atoms with Crippen molar-refractivity contribution < 1.29 is 24.2 Å². The molecule has 0 amide bonds. The fourth-order valence-corrected chi connectivity index (χ4v) is 2.42. The van der Waals surface area contributed by atoms with Gasteiger partial charge in [0.25, 0.3) is 5.95 Å². The molecule has 0 aliphatic rings. The summed E-state index contributed by atoms with van der Waals surface area (Å²) in [5, 5.41) is 10.3. The Balaban J connectivity index is 5.52. The summed E-state index contributed by atoms with van der Waals surface area (Å²) >= 11 is 0. The molecule has 5 heteroatoms. The summed E-state index contributed by atoms with van der Waals surface area (Å²) in [4.78, 5) is 37.3. The van der Waals surface area contributed by atoms with Crippen LogP contribution in [0.2, 0.25) is 0 Å². The van der Waals surface area contributed by atoms with Crippen LogP contribution in [0.5, 0.6) is 0 Å². The molecule has 0 saturated heterocycles. The molecule has 0 radical (unpaired) electrons. The molecule has 0 aromatic heterocycles. The third-order valence-corrected chi connectivity index (χ3v) is 3.84. The molecule has 26 heavy (non-hydrogen) atoms. The number of carbonyl (C=O) groups excluding carboxylic acids is 3. The van der Waals surface area contributed by atoms with Gasteiger partial charge in [-0.1, -0.05) is 61.8 Å². The summed E-state index contributed by atoms with van der Waals surface area (Å²) in [5.41, 5.74) is -0.703. The van der Waals surface area contributed by atoms with E-state index in [9.17, 15) is 19.5 Å². The van der Waals surface area contributed by atoms with Gasteiger partial charge in [0, 0.05) is 12.3 Å². The van der Waals surface area contributed by atoms with Crippen LogP contribution in [0.1, 0.15) is 81.1 Å². The van der Waals surface area contributed by atoms with Crippen LogP contribution in [0.25, 0.3) is 0 Å². The minimum Gasteiger partial charge on any atom is -0.480 e. The van der Waals surface area contributed by atoms with Gasteiger partial charge in [-0.3, -0.25) is 14.4 Å². The maximum Gasteiger partial charge on any atom is 0.314 e. The molecule has 0 aliphatic heterocycles. The summed E-state index contributed by atoms with van der Waals surface area (Å²) in [7, 11) is 0. The second kappa shape index (κ2) is 10.5. The van der Waals surface area contributed by atoms with Gasteiger partial charge in [-0.15, -0.1) is 0 Å². The number of hydrogen-bond donors (Lipinski definition) is 1. The van der Waals surface area contributed by atoms with Gasteiger partial charge >= 0.3 is 5.97 Å². The van der Waals surface area contributed by atoms with E-state index in [1.165, 1.54) is 0 Å². The van der Waals surface area contributed by atoms with Crippen LogP contribution in [0, 0.1) is 23.2 Å². The summed E-state index contributed by atoms with van der Waals surface area (Å²) in [6.07, 6.45) is 1.62. The number of aliphatic hydroxyl groups excluding tert-OH is 1. The molecule has 0 bridgehead atoms. The molecule has 0 heterocycles. The molecule has 1 atom stereocenters. The van der Waals surface area contributed by atoms with Gasteiger partial charge in [-0.05, 0) is 23.7 Å². The molecule has 150 valence electrons. The Morgan fingerprint density at radius 2 is 1.46 bits per heavy atom. The summed E-state index contributed by atoms with van der Waals surface area (Å²) in [6.45, 7) is 15.1. The van der Waals surface area contributed by atoms with E-state index in [2.05, 4.69) is 13.8 Å². The molecular weight excluding hydrogens is 332 g/mol. The van der Waals surface area contributed by atoms with Crippen molar-refractivity contribution in [1.82, 2.24) is 0 Å². The van der Waals surface area contributed by atoms with E-state index in [0.29, 0.717) is 12.3 Å². The lowest BCUT2D eigenvalue weighted by Crippen LogP contribution is -2.25. The average molecular weight is 369 g/mol. The lowest BCUT2D eigenvalue weighted by Gasteiger charge is -2.18. The predicted octanol–water partition coefficient (Wildman–Crippen LogP) is 4.99. The van der Waals surface area contributed by atoms with Crippen molar-refractivity contribution in [1.29, 1.82) is 0 Å². The van der Waals surface area contributed by atoms with E-state index < -0.39 is 29.4 Å². The Labute approximate surface area is 158 Å². The first-order valence-electron chi connectivity index (χ1n) is 9.46. The van der Waals surface area contributed by atoms with Gasteiger partial charge in [0.1, 0.15) is 5.57 Å². The number of Topliss-reactive ketones (excluding diaryl/α,β-unsaturated/α-hetero) is 2. The molecule has 0 rings (SSSR count). The number of allylic oxidation sites excluding steroid dienone is 1. The van der Waals surface area contributed by atoms with Gasteiger partial charge in [0.05, 0.1) is 6.42 Å². The lowest BCUT2D eigenvalue weighted by atomic mass is 9.89. The Hall–Kier alpha value is -1.65. The summed E-state index contributed by atoms with van der Waals surface area (Å²) in [5.74, 6) is -2.43. The van der Waals surface area contributed by atoms with E-state index in [1.54, 1.807) is 6.92 Å². The molecule has 0 aromatic carbocycles. The lowest BCUT2D eigenvalue weighted by molar-refractivity contribution is -0.145. The zero-order valence-electron chi connectivity index (χ0n) is 17.6. The highest BCUT2D eigenvalue weighted by Gasteiger charge is 2.30. The van der Waals surface area contributed by atoms with E-state index >= 15 is 0 Å². The number of aliphatic hydroxyl groups is 1. The second-order valence-corrected chi connectivity index (χ2v) is 9.15. The highest BCUT2D eigenvalue weighted by atomic mass is 16.6. The highest BCUT2D eigenvalue weighted by molar-refractivity contribution is 6.21. The molecular formula is C21H36O5. The van der Waals surface area contributed by atoms with Crippen molar-refractivity contribution in [2.75, 3.05) is 0 Å². The van der Waals surface area contributed by atoms with Crippen LogP contribution in [0.3, 0.4) is 0 Å². The molecule has 0 spiro atoms. The van der Waals surface area contributed by atoms with Gasteiger partial charge in [0.2, 0.25) is 0 Å². The van der Waals surface area contributed by atoms with Crippen LogP contribution in [0.15, 0.2) is 11.5 Å². The minimum atomic E-state index is -0.855. The van der Waals surface area contributed by atoms with Crippen molar-refractivity contribution in [3.63, 3.8) is 0 Å². The number of hydrogen-bond acceptors (Lipinski definition) is 5. The van der Waals surface area contributed by atoms with Crippen molar-refractivity contribution in [2.24, 2.45) is 23.2 Å². The van der Waals surface area contributed by atoms with Gasteiger partial charge in [-0.25, -0.2) is 0 Å². The summed E-state index contributed by atoms with van der Waals surface area (Å²) in [6, 6.07) is 0. The third kappa shape index (κ3) is 9.73. The molecule has 1 N–H and O–H groups in total. The van der Waals surface area contributed by atoms with Crippen molar-refractivity contribution in [2.45, 2.75) is 81.1 Å². The minimum absolute atomic E-state index is 0.0225. The Kier molecular flexibility index (Phi) is 9.82. The molecule has 0 saturated carbocycles. The molecule has 5 nitrogen and oxygen atoms in total. The SMILES string of the molecule is CC(C)CCC(C)C(=O)/C(C(=O)CC(C)C)=C(/O)OC(=O)CC(C)(C)C. The van der Waals surface area contributed by atoms with E-state index in [0.717, 1.165) is 6.42 Å². The standard InChI is InChI=1S/C21H36O5/c1-13(2)9-10-15(5)19(24)18(16(22)11-14(3)4)20(25)26-17(23)12-21(6,7)8/h13-15,25H,9-12H2,1-8H3/b20-18-. The first kappa shape index (κ1) is 24.4. The first-order valence-corrected chi connectivity index (χ1v) is 9.46. The number of ketones is 2. The van der Waals surface area contributed by atoms with Gasteiger partial charge < -0.3 is 9.84 Å². The number of ether oxygens (including phenoxy) is 1. The maximum atomic E-state index is 12.8. The predicted molar refractivity (Wildman–Crippen MR) is 103 cm³/mol. The Morgan fingerprint density at radius 1 is 0.923 bits per heavy atom. The van der Waals surface area contributed by atoms with E-state index in [4.69, 9.17) is 4.74 Å². The first-order chi connectivity index (χ1) is 11.7. The fourth-order valence-electron chi connectivity index (χ4n) is 2.42. The van der Waals surface area contributed by atoms with Gasteiger partial charge in [0.15, 0.2) is 11.6 Å². The Morgan fingerprint density at radius 3 is 1.88 bits per heavy atom. The van der Waals surface area contributed by atoms with Crippen LogP contribution >= 0.6 is 0 Å². The highest BCUT2D eigenvalue weighted by Crippen LogP contribution is 2.23. The molecule has 1 unspecified atom stereocenters. The topological polar surface area (TPSA) is 80.7 Å². The largest absolute Gasteiger partial charge is 0.480 e. The zero-order chi connectivity index (χ0) is 20.7. The zero-order valence-corrected chi connectivity index (χ0v) is 17.6. The number of esters is 1. The maximum absolute atomic E-state index is 12.8. The molecule has 0 aromatic rings. The normalized spacial score (nSPS) is 14.2. The molecule has 0 fully saturated rings. The van der Waals surface area contributed by atoms with Crippen LogP contribution in [0.4, 0.5) is 0 Å². The van der Waals surface area contributed by atoms with Crippen LogP contribution in [-0.2, 0) is 19.1 Å². The van der Waals surface area contributed by atoms with Crippen LogP contribution in [-0.4, -0.2) is 22.6 Å². The smallest absolute Gasteiger partial charge is 0.314 e. The average Bonchev–Trinajstić information content (AvgIpc) is 2.41. The third-order valence-electron chi connectivity index (χ3n) is 3.84. The van der Waals surface area contributed by atoms with Crippen molar-refractivity contribution >= 4 is 17.5 Å². The van der Waals surface area contributed by atoms with Crippen molar-refractivity contribution in [3.8, 4) is 0 Å². The number of carbonyl (C=O) groups is 3.